The smallest absolute Gasteiger partial charge is 0.207 e. The quantitative estimate of drug-likeness (QED) is 0.940. The number of sulfonamides is 1. The van der Waals surface area contributed by atoms with Gasteiger partial charge >= 0.3 is 0 Å². The predicted octanol–water partition coefficient (Wildman–Crippen LogP) is 3.48. The van der Waals surface area contributed by atoms with E-state index in [2.05, 4.69) is 4.72 Å². The molecule has 0 aromatic heterocycles. The van der Waals surface area contributed by atoms with E-state index in [1.165, 1.54) is 12.1 Å². The molecular formula is C16H18FNO2S. The van der Waals surface area contributed by atoms with Gasteiger partial charge in [0, 0.05) is 6.04 Å². The van der Waals surface area contributed by atoms with Crippen molar-refractivity contribution in [2.75, 3.05) is 0 Å². The van der Waals surface area contributed by atoms with E-state index in [0.717, 1.165) is 11.1 Å². The average Bonchev–Trinajstić information content (AvgIpc) is 2.42. The molecule has 0 aliphatic carbocycles. The van der Waals surface area contributed by atoms with Crippen molar-refractivity contribution in [3.8, 4) is 0 Å². The largest absolute Gasteiger partial charge is 0.241 e. The molecule has 0 aliphatic rings. The summed E-state index contributed by atoms with van der Waals surface area (Å²) in [6.45, 7) is 5.53. The van der Waals surface area contributed by atoms with Gasteiger partial charge in [-0.05, 0) is 61.7 Å². The maximum Gasteiger partial charge on any atom is 0.241 e. The van der Waals surface area contributed by atoms with Gasteiger partial charge in [-0.2, -0.15) is 0 Å². The second-order valence-electron chi connectivity index (χ2n) is 5.14. The van der Waals surface area contributed by atoms with Gasteiger partial charge in [-0.25, -0.2) is 17.5 Å². The summed E-state index contributed by atoms with van der Waals surface area (Å²) in [5.74, 6) is -0.344. The van der Waals surface area contributed by atoms with Crippen LogP contribution in [0.1, 0.15) is 29.7 Å². The second kappa shape index (κ2) is 5.95. The molecule has 2 aromatic rings. The molecule has 0 radical (unpaired) electrons. The zero-order valence-electron chi connectivity index (χ0n) is 12.2. The van der Waals surface area contributed by atoms with Crippen LogP contribution in [-0.2, 0) is 10.0 Å². The molecule has 21 heavy (non-hydrogen) atoms. The molecule has 1 N–H and O–H groups in total. The van der Waals surface area contributed by atoms with Gasteiger partial charge in [0.2, 0.25) is 10.0 Å². The number of benzene rings is 2. The van der Waals surface area contributed by atoms with Crippen molar-refractivity contribution < 1.29 is 12.8 Å². The van der Waals surface area contributed by atoms with Crippen LogP contribution in [0.2, 0.25) is 0 Å². The molecule has 0 fully saturated rings. The van der Waals surface area contributed by atoms with Crippen LogP contribution >= 0.6 is 0 Å². The molecule has 5 heteroatoms. The molecule has 2 aromatic carbocycles. The Morgan fingerprint density at radius 3 is 2.19 bits per heavy atom. The van der Waals surface area contributed by atoms with Gasteiger partial charge in [-0.1, -0.05) is 18.2 Å². The van der Waals surface area contributed by atoms with E-state index in [0.29, 0.717) is 5.56 Å². The minimum Gasteiger partial charge on any atom is -0.207 e. The third-order valence-electron chi connectivity index (χ3n) is 3.49. The minimum absolute atomic E-state index is 0.236. The minimum atomic E-state index is -3.60. The molecule has 0 saturated carbocycles. The molecule has 3 nitrogen and oxygen atoms in total. The van der Waals surface area contributed by atoms with E-state index in [9.17, 15) is 12.8 Å². The highest BCUT2D eigenvalue weighted by Crippen LogP contribution is 2.19. The highest BCUT2D eigenvalue weighted by molar-refractivity contribution is 7.89. The van der Waals surface area contributed by atoms with Gasteiger partial charge in [0.1, 0.15) is 5.82 Å². The molecule has 0 unspecified atom stereocenters. The Morgan fingerprint density at radius 1 is 1.00 bits per heavy atom. The monoisotopic (exact) mass is 307 g/mol. The molecule has 0 spiro atoms. The highest BCUT2D eigenvalue weighted by atomic mass is 32.2. The normalized spacial score (nSPS) is 13.1. The fourth-order valence-electron chi connectivity index (χ4n) is 2.00. The number of hydrogen-bond donors (Lipinski definition) is 1. The van der Waals surface area contributed by atoms with Crippen molar-refractivity contribution in [1.82, 2.24) is 4.72 Å². The Labute approximate surface area is 124 Å². The van der Waals surface area contributed by atoms with Crippen molar-refractivity contribution >= 4 is 10.0 Å². The van der Waals surface area contributed by atoms with E-state index in [1.54, 1.807) is 37.3 Å². The lowest BCUT2D eigenvalue weighted by Crippen LogP contribution is -2.27. The van der Waals surface area contributed by atoms with Crippen LogP contribution in [0.25, 0.3) is 0 Å². The third-order valence-corrected chi connectivity index (χ3v) is 5.03. The highest BCUT2D eigenvalue weighted by Gasteiger charge is 2.18. The van der Waals surface area contributed by atoms with Crippen molar-refractivity contribution in [2.45, 2.75) is 31.7 Å². The van der Waals surface area contributed by atoms with Gasteiger partial charge in [0.15, 0.2) is 0 Å². The summed E-state index contributed by atoms with van der Waals surface area (Å²) in [5.41, 5.74) is 2.68. The third kappa shape index (κ3) is 3.68. The molecule has 0 amide bonds. The molecule has 0 saturated heterocycles. The summed E-state index contributed by atoms with van der Waals surface area (Å²) >= 11 is 0. The molecule has 1 atom stereocenters. The Hall–Kier alpha value is -1.72. The van der Waals surface area contributed by atoms with Gasteiger partial charge in [-0.15, -0.1) is 0 Å². The summed E-state index contributed by atoms with van der Waals surface area (Å²) < 4.78 is 40.2. The van der Waals surface area contributed by atoms with Crippen molar-refractivity contribution in [3.63, 3.8) is 0 Å². The number of rotatable bonds is 4. The second-order valence-corrected chi connectivity index (χ2v) is 6.85. The van der Waals surface area contributed by atoms with Crippen molar-refractivity contribution in [1.29, 1.82) is 0 Å². The fraction of sp³-hybridized carbons (Fsp3) is 0.250. The number of aryl methyl sites for hydroxylation is 2. The summed E-state index contributed by atoms with van der Waals surface area (Å²) in [4.78, 5) is 0.236. The first kappa shape index (κ1) is 15.7. The van der Waals surface area contributed by atoms with Gasteiger partial charge < -0.3 is 0 Å². The van der Waals surface area contributed by atoms with Crippen LogP contribution in [0, 0.1) is 19.7 Å². The van der Waals surface area contributed by atoms with E-state index in [1.807, 2.05) is 13.8 Å². The molecule has 0 bridgehead atoms. The lowest BCUT2D eigenvalue weighted by atomic mass is 10.1. The van der Waals surface area contributed by atoms with Crippen molar-refractivity contribution in [2.24, 2.45) is 0 Å². The van der Waals surface area contributed by atoms with Crippen LogP contribution in [0.4, 0.5) is 4.39 Å². The van der Waals surface area contributed by atoms with Gasteiger partial charge in [-0.3, -0.25) is 0 Å². The molecule has 112 valence electrons. The average molecular weight is 307 g/mol. The molecule has 0 aliphatic heterocycles. The Morgan fingerprint density at radius 2 is 1.62 bits per heavy atom. The number of halogens is 1. The zero-order valence-corrected chi connectivity index (χ0v) is 13.0. The number of hydrogen-bond acceptors (Lipinski definition) is 2. The maximum absolute atomic E-state index is 12.9. The zero-order chi connectivity index (χ0) is 15.6. The SMILES string of the molecule is Cc1ccc(S(=O)(=O)N[C@H](C)c2ccc(F)cc2)cc1C. The maximum atomic E-state index is 12.9. The molecular weight excluding hydrogens is 289 g/mol. The van der Waals surface area contributed by atoms with Crippen LogP contribution in [0.3, 0.4) is 0 Å². The summed E-state index contributed by atoms with van der Waals surface area (Å²) in [6, 6.07) is 10.4. The topological polar surface area (TPSA) is 46.2 Å². The lowest BCUT2D eigenvalue weighted by Gasteiger charge is -2.15. The van der Waals surface area contributed by atoms with Gasteiger partial charge in [0.05, 0.1) is 4.90 Å². The van der Waals surface area contributed by atoms with Crippen molar-refractivity contribution in [3.05, 3.63) is 65.0 Å². The Balaban J connectivity index is 2.24. The van der Waals surface area contributed by atoms with Crippen LogP contribution < -0.4 is 4.72 Å². The first-order chi connectivity index (χ1) is 9.79. The Bertz CT molecular complexity index is 739. The summed E-state index contributed by atoms with van der Waals surface area (Å²) in [6.07, 6.45) is 0. The first-order valence-corrected chi connectivity index (χ1v) is 8.13. The van der Waals surface area contributed by atoms with Crippen LogP contribution in [0.5, 0.6) is 0 Å². The standard InChI is InChI=1S/C16H18FNO2S/c1-11-4-9-16(10-12(11)2)21(19,20)18-13(3)14-5-7-15(17)8-6-14/h4-10,13,18H,1-3H3/t13-/m1/s1. The fourth-order valence-corrected chi connectivity index (χ4v) is 3.32. The van der Waals surface area contributed by atoms with E-state index in [4.69, 9.17) is 0 Å². The van der Waals surface area contributed by atoms with E-state index in [-0.39, 0.29) is 10.7 Å². The van der Waals surface area contributed by atoms with Crippen LogP contribution in [-0.4, -0.2) is 8.42 Å². The Kier molecular flexibility index (Phi) is 4.44. The van der Waals surface area contributed by atoms with Gasteiger partial charge in [0.25, 0.3) is 0 Å². The van der Waals surface area contributed by atoms with Crippen LogP contribution in [0.15, 0.2) is 47.4 Å². The molecule has 2 rings (SSSR count). The van der Waals surface area contributed by atoms with E-state index >= 15 is 0 Å². The summed E-state index contributed by atoms with van der Waals surface area (Å²) in [5, 5.41) is 0. The predicted molar refractivity (Wildman–Crippen MR) is 81.1 cm³/mol. The summed E-state index contributed by atoms with van der Waals surface area (Å²) in [7, 11) is -3.60. The lowest BCUT2D eigenvalue weighted by molar-refractivity contribution is 0.566. The van der Waals surface area contributed by atoms with E-state index < -0.39 is 16.1 Å². The first-order valence-electron chi connectivity index (χ1n) is 6.64. The molecule has 0 heterocycles. The number of nitrogens with one attached hydrogen (secondary N) is 1.